The number of amides is 1. The Morgan fingerprint density at radius 2 is 1.57 bits per heavy atom. The summed E-state index contributed by atoms with van der Waals surface area (Å²) >= 11 is 0. The molecule has 138 valence electrons. The molecule has 0 aliphatic heterocycles. The summed E-state index contributed by atoms with van der Waals surface area (Å²) in [7, 11) is 0. The number of phenols is 1. The molecular weight excluding hydrogens is 350 g/mol. The summed E-state index contributed by atoms with van der Waals surface area (Å²) in [6.45, 7) is 0.360. The molecule has 0 atom stereocenters. The van der Waals surface area contributed by atoms with Gasteiger partial charge in [0.2, 0.25) is 0 Å². The molecule has 1 amide bonds. The van der Waals surface area contributed by atoms with Gasteiger partial charge in [0, 0.05) is 17.5 Å². The van der Waals surface area contributed by atoms with Gasteiger partial charge in [-0.25, -0.2) is 0 Å². The monoisotopic (exact) mass is 369 g/mol. The third-order valence-electron chi connectivity index (χ3n) is 4.43. The quantitative estimate of drug-likeness (QED) is 0.504. The Balaban J connectivity index is 1.46. The summed E-state index contributed by atoms with van der Waals surface area (Å²) in [5.41, 5.74) is 1.35. The molecule has 0 unspecified atom stereocenters. The molecule has 0 saturated heterocycles. The summed E-state index contributed by atoms with van der Waals surface area (Å²) < 4.78 is 5.83. The van der Waals surface area contributed by atoms with Crippen molar-refractivity contribution in [2.24, 2.45) is 0 Å². The SMILES string of the molecule is O=C(NCc1cccc(Oc2ccccc2)c1)c1cc(O)c2ccccc2c1. The van der Waals surface area contributed by atoms with Gasteiger partial charge in [0.1, 0.15) is 17.2 Å². The number of benzene rings is 4. The first-order chi connectivity index (χ1) is 13.7. The van der Waals surface area contributed by atoms with Crippen LogP contribution >= 0.6 is 0 Å². The number of ether oxygens (including phenoxy) is 1. The van der Waals surface area contributed by atoms with Crippen LogP contribution in [0.1, 0.15) is 15.9 Å². The minimum Gasteiger partial charge on any atom is -0.507 e. The van der Waals surface area contributed by atoms with Crippen molar-refractivity contribution in [2.45, 2.75) is 6.54 Å². The van der Waals surface area contributed by atoms with Gasteiger partial charge >= 0.3 is 0 Å². The van der Waals surface area contributed by atoms with E-state index in [-0.39, 0.29) is 11.7 Å². The van der Waals surface area contributed by atoms with Gasteiger partial charge < -0.3 is 15.2 Å². The summed E-state index contributed by atoms with van der Waals surface area (Å²) in [6, 6.07) is 27.8. The minimum atomic E-state index is -0.240. The van der Waals surface area contributed by atoms with Gasteiger partial charge in [-0.15, -0.1) is 0 Å². The molecule has 0 heterocycles. The van der Waals surface area contributed by atoms with Gasteiger partial charge in [-0.05, 0) is 47.3 Å². The maximum atomic E-state index is 12.5. The maximum Gasteiger partial charge on any atom is 0.251 e. The minimum absolute atomic E-state index is 0.0986. The van der Waals surface area contributed by atoms with Gasteiger partial charge in [-0.1, -0.05) is 54.6 Å². The highest BCUT2D eigenvalue weighted by Gasteiger charge is 2.10. The molecule has 0 spiro atoms. The number of carbonyl (C=O) groups excluding carboxylic acids is 1. The lowest BCUT2D eigenvalue weighted by atomic mass is 10.1. The van der Waals surface area contributed by atoms with E-state index >= 15 is 0 Å². The Labute approximate surface area is 163 Å². The predicted octanol–water partition coefficient (Wildman–Crippen LogP) is 5.27. The molecule has 0 radical (unpaired) electrons. The fourth-order valence-electron chi connectivity index (χ4n) is 3.05. The van der Waals surface area contributed by atoms with Crippen molar-refractivity contribution >= 4 is 16.7 Å². The lowest BCUT2D eigenvalue weighted by Gasteiger charge is -2.10. The Morgan fingerprint density at radius 3 is 2.43 bits per heavy atom. The van der Waals surface area contributed by atoms with E-state index in [9.17, 15) is 9.90 Å². The number of carbonyl (C=O) groups is 1. The predicted molar refractivity (Wildman–Crippen MR) is 110 cm³/mol. The molecule has 4 rings (SSSR count). The van der Waals surface area contributed by atoms with E-state index in [0.29, 0.717) is 17.9 Å². The number of fused-ring (bicyclic) bond motifs is 1. The van der Waals surface area contributed by atoms with E-state index < -0.39 is 0 Å². The molecule has 2 N–H and O–H groups in total. The molecule has 0 aliphatic rings. The average Bonchev–Trinajstić information content (AvgIpc) is 2.73. The summed E-state index contributed by atoms with van der Waals surface area (Å²) in [5, 5.41) is 14.6. The van der Waals surface area contributed by atoms with Crippen molar-refractivity contribution in [2.75, 3.05) is 0 Å². The van der Waals surface area contributed by atoms with Crippen LogP contribution in [0.5, 0.6) is 17.2 Å². The fourth-order valence-corrected chi connectivity index (χ4v) is 3.05. The number of aromatic hydroxyl groups is 1. The molecule has 0 aliphatic carbocycles. The summed E-state index contributed by atoms with van der Waals surface area (Å²) in [4.78, 5) is 12.5. The maximum absolute atomic E-state index is 12.5. The van der Waals surface area contributed by atoms with Gasteiger partial charge in [0.25, 0.3) is 5.91 Å². The first-order valence-electron chi connectivity index (χ1n) is 9.01. The molecule has 4 aromatic rings. The van der Waals surface area contributed by atoms with Crippen molar-refractivity contribution in [3.63, 3.8) is 0 Å². The topological polar surface area (TPSA) is 58.6 Å². The highest BCUT2D eigenvalue weighted by Crippen LogP contribution is 2.26. The van der Waals surface area contributed by atoms with Gasteiger partial charge in [0.05, 0.1) is 0 Å². The number of nitrogens with one attached hydrogen (secondary N) is 1. The lowest BCUT2D eigenvalue weighted by Crippen LogP contribution is -2.22. The molecule has 4 nitrogen and oxygen atoms in total. The molecule has 0 bridgehead atoms. The van der Waals surface area contributed by atoms with Crippen LogP contribution in [0.25, 0.3) is 10.8 Å². The second kappa shape index (κ2) is 7.84. The number of phenolic OH excluding ortho intramolecular Hbond substituents is 1. The lowest BCUT2D eigenvalue weighted by molar-refractivity contribution is 0.0950. The zero-order chi connectivity index (χ0) is 19.3. The normalized spacial score (nSPS) is 10.6. The van der Waals surface area contributed by atoms with Crippen molar-refractivity contribution < 1.29 is 14.6 Å². The average molecular weight is 369 g/mol. The standard InChI is InChI=1S/C24H19NO3/c26-23-15-19(14-18-8-4-5-12-22(18)23)24(27)25-16-17-7-6-11-21(13-17)28-20-9-2-1-3-10-20/h1-15,26H,16H2,(H,25,27). The second-order valence-corrected chi connectivity index (χ2v) is 6.46. The van der Waals surface area contributed by atoms with E-state index in [1.165, 1.54) is 6.07 Å². The zero-order valence-corrected chi connectivity index (χ0v) is 15.1. The third kappa shape index (κ3) is 3.96. The Bertz CT molecular complexity index is 1120. The third-order valence-corrected chi connectivity index (χ3v) is 4.43. The van der Waals surface area contributed by atoms with Gasteiger partial charge in [-0.2, -0.15) is 0 Å². The van der Waals surface area contributed by atoms with Crippen LogP contribution in [0.2, 0.25) is 0 Å². The van der Waals surface area contributed by atoms with Crippen molar-refractivity contribution in [3.8, 4) is 17.2 Å². The van der Waals surface area contributed by atoms with E-state index in [0.717, 1.165) is 22.1 Å². The Hall–Kier alpha value is -3.79. The van der Waals surface area contributed by atoms with E-state index in [1.54, 1.807) is 6.07 Å². The summed E-state index contributed by atoms with van der Waals surface area (Å²) in [5.74, 6) is 1.33. The smallest absolute Gasteiger partial charge is 0.251 e. The first kappa shape index (κ1) is 17.6. The zero-order valence-electron chi connectivity index (χ0n) is 15.1. The van der Waals surface area contributed by atoms with Crippen LogP contribution in [0.3, 0.4) is 0 Å². The van der Waals surface area contributed by atoms with Gasteiger partial charge in [0.15, 0.2) is 0 Å². The van der Waals surface area contributed by atoms with Crippen LogP contribution < -0.4 is 10.1 Å². The van der Waals surface area contributed by atoms with Crippen molar-refractivity contribution in [1.29, 1.82) is 0 Å². The number of rotatable bonds is 5. The Morgan fingerprint density at radius 1 is 0.821 bits per heavy atom. The van der Waals surface area contributed by atoms with Crippen LogP contribution in [0.4, 0.5) is 0 Å². The van der Waals surface area contributed by atoms with Crippen molar-refractivity contribution in [3.05, 3.63) is 102 Å². The first-order valence-corrected chi connectivity index (χ1v) is 9.01. The molecule has 28 heavy (non-hydrogen) atoms. The van der Waals surface area contributed by atoms with E-state index in [2.05, 4.69) is 5.32 Å². The van der Waals surface area contributed by atoms with Crippen LogP contribution in [0.15, 0.2) is 91.0 Å². The van der Waals surface area contributed by atoms with E-state index in [4.69, 9.17) is 4.74 Å². The molecule has 0 fully saturated rings. The Kier molecular flexibility index (Phi) is 4.93. The van der Waals surface area contributed by atoms with E-state index in [1.807, 2.05) is 78.9 Å². The van der Waals surface area contributed by atoms with Gasteiger partial charge in [-0.3, -0.25) is 4.79 Å². The van der Waals surface area contributed by atoms with Crippen LogP contribution in [-0.4, -0.2) is 11.0 Å². The largest absolute Gasteiger partial charge is 0.507 e. The molecule has 4 aromatic carbocycles. The molecule has 4 heteroatoms. The highest BCUT2D eigenvalue weighted by molar-refractivity contribution is 6.00. The molecular formula is C24H19NO3. The molecule has 0 saturated carbocycles. The van der Waals surface area contributed by atoms with Crippen LogP contribution in [-0.2, 0) is 6.54 Å². The fraction of sp³-hybridized carbons (Fsp3) is 0.0417. The van der Waals surface area contributed by atoms with Crippen LogP contribution in [0, 0.1) is 0 Å². The van der Waals surface area contributed by atoms with Crippen molar-refractivity contribution in [1.82, 2.24) is 5.32 Å². The number of hydrogen-bond donors (Lipinski definition) is 2. The molecule has 0 aromatic heterocycles. The highest BCUT2D eigenvalue weighted by atomic mass is 16.5. The number of para-hydroxylation sites is 1. The second-order valence-electron chi connectivity index (χ2n) is 6.46. The number of hydrogen-bond acceptors (Lipinski definition) is 3. The summed E-state index contributed by atoms with van der Waals surface area (Å²) in [6.07, 6.45) is 0.